The molecule has 1 aromatic carbocycles. The zero-order valence-electron chi connectivity index (χ0n) is 9.65. The van der Waals surface area contributed by atoms with Crippen LogP contribution in [0.3, 0.4) is 0 Å². The minimum absolute atomic E-state index is 0.172. The van der Waals surface area contributed by atoms with Crippen LogP contribution in [-0.2, 0) is 4.74 Å². The second-order valence-electron chi connectivity index (χ2n) is 4.22. The van der Waals surface area contributed by atoms with Crippen LogP contribution in [0.2, 0.25) is 5.02 Å². The number of amides is 1. The van der Waals surface area contributed by atoms with E-state index in [9.17, 15) is 4.79 Å². The van der Waals surface area contributed by atoms with Crippen molar-refractivity contribution in [3.8, 4) is 0 Å². The number of rotatable bonds is 2. The lowest BCUT2D eigenvalue weighted by Gasteiger charge is -2.32. The Hall–Kier alpha value is -1.26. The number of cyclic esters (lactones) is 1. The fraction of sp³-hybridized carbons (Fsp3) is 0.417. The van der Waals surface area contributed by atoms with Gasteiger partial charge in [-0.2, -0.15) is 0 Å². The lowest BCUT2D eigenvalue weighted by Crippen LogP contribution is -2.45. The van der Waals surface area contributed by atoms with E-state index in [1.807, 2.05) is 13.0 Å². The molecule has 1 unspecified atom stereocenters. The summed E-state index contributed by atoms with van der Waals surface area (Å²) in [6.45, 7) is 3.41. The van der Waals surface area contributed by atoms with Crippen molar-refractivity contribution in [2.24, 2.45) is 11.7 Å². The van der Waals surface area contributed by atoms with Gasteiger partial charge in [0.25, 0.3) is 0 Å². The smallest absolute Gasteiger partial charge is 0.414 e. The summed E-state index contributed by atoms with van der Waals surface area (Å²) < 4.78 is 5.11. The third-order valence-corrected chi connectivity index (χ3v) is 3.13. The molecule has 1 atom stereocenters. The van der Waals surface area contributed by atoms with Crippen molar-refractivity contribution in [2.75, 3.05) is 24.6 Å². The highest BCUT2D eigenvalue weighted by Crippen LogP contribution is 2.27. The van der Waals surface area contributed by atoms with Gasteiger partial charge in [0.05, 0.1) is 12.3 Å². The van der Waals surface area contributed by atoms with E-state index < -0.39 is 0 Å². The zero-order valence-corrected chi connectivity index (χ0v) is 10.4. The first-order chi connectivity index (χ1) is 8.11. The lowest BCUT2D eigenvalue weighted by molar-refractivity contribution is 0.117. The molecule has 17 heavy (non-hydrogen) atoms. The van der Waals surface area contributed by atoms with Crippen molar-refractivity contribution in [2.45, 2.75) is 6.92 Å². The first-order valence-electron chi connectivity index (χ1n) is 5.52. The van der Waals surface area contributed by atoms with Crippen molar-refractivity contribution in [3.05, 3.63) is 28.8 Å². The summed E-state index contributed by atoms with van der Waals surface area (Å²) in [5, 5.41) is 0.605. The maximum Gasteiger partial charge on any atom is 0.414 e. The third kappa shape index (κ3) is 2.53. The van der Waals surface area contributed by atoms with Crippen LogP contribution in [-0.4, -0.2) is 25.8 Å². The fourth-order valence-corrected chi connectivity index (χ4v) is 2.03. The molecule has 5 heteroatoms. The second kappa shape index (κ2) is 4.94. The summed E-state index contributed by atoms with van der Waals surface area (Å²) in [6.07, 6.45) is -0.333. The van der Waals surface area contributed by atoms with Gasteiger partial charge in [-0.3, -0.25) is 4.90 Å². The fourth-order valence-electron chi connectivity index (χ4n) is 1.87. The highest BCUT2D eigenvalue weighted by molar-refractivity contribution is 6.31. The second-order valence-corrected chi connectivity index (χ2v) is 4.66. The van der Waals surface area contributed by atoms with Crippen LogP contribution in [0.25, 0.3) is 0 Å². The van der Waals surface area contributed by atoms with E-state index in [4.69, 9.17) is 22.1 Å². The van der Waals surface area contributed by atoms with E-state index in [1.54, 1.807) is 17.0 Å². The molecule has 0 radical (unpaired) electrons. The quantitative estimate of drug-likeness (QED) is 0.880. The van der Waals surface area contributed by atoms with Crippen LogP contribution >= 0.6 is 11.6 Å². The van der Waals surface area contributed by atoms with Gasteiger partial charge in [0.1, 0.15) is 0 Å². The van der Waals surface area contributed by atoms with Gasteiger partial charge in [-0.1, -0.05) is 17.7 Å². The number of nitrogens with two attached hydrogens (primary N) is 1. The van der Waals surface area contributed by atoms with Crippen LogP contribution in [0.15, 0.2) is 18.2 Å². The van der Waals surface area contributed by atoms with Gasteiger partial charge < -0.3 is 10.5 Å². The van der Waals surface area contributed by atoms with Gasteiger partial charge in [-0.05, 0) is 24.6 Å². The number of aryl methyl sites for hydroxylation is 1. The molecule has 92 valence electrons. The number of ether oxygens (including phenoxy) is 1. The minimum atomic E-state index is -0.333. The van der Waals surface area contributed by atoms with E-state index in [0.29, 0.717) is 24.7 Å². The number of hydrogen-bond donors (Lipinski definition) is 1. The summed E-state index contributed by atoms with van der Waals surface area (Å²) >= 11 is 5.95. The summed E-state index contributed by atoms with van der Waals surface area (Å²) in [7, 11) is 0. The Morgan fingerprint density at radius 2 is 2.35 bits per heavy atom. The number of benzene rings is 1. The number of anilines is 1. The lowest BCUT2D eigenvalue weighted by atomic mass is 10.1. The Bertz CT molecular complexity index is 437. The van der Waals surface area contributed by atoms with Gasteiger partial charge in [0.15, 0.2) is 0 Å². The van der Waals surface area contributed by atoms with Crippen LogP contribution in [0.5, 0.6) is 0 Å². The SMILES string of the molecule is Cc1ccc(Cl)cc1N1CC(CN)COC1=O. The molecule has 1 fully saturated rings. The number of nitrogens with zero attached hydrogens (tertiary/aromatic N) is 1. The first kappa shape index (κ1) is 12.2. The molecule has 1 aromatic rings. The van der Waals surface area contributed by atoms with Gasteiger partial charge >= 0.3 is 6.09 Å². The van der Waals surface area contributed by atoms with E-state index in [-0.39, 0.29) is 12.0 Å². The summed E-state index contributed by atoms with van der Waals surface area (Å²) in [6, 6.07) is 5.46. The summed E-state index contributed by atoms with van der Waals surface area (Å²) in [5.41, 5.74) is 7.40. The molecule has 0 saturated carbocycles. The Kier molecular flexibility index (Phi) is 3.54. The van der Waals surface area contributed by atoms with E-state index >= 15 is 0 Å². The van der Waals surface area contributed by atoms with Crippen LogP contribution in [0.4, 0.5) is 10.5 Å². The topological polar surface area (TPSA) is 55.6 Å². The van der Waals surface area contributed by atoms with Crippen molar-refractivity contribution in [1.82, 2.24) is 0 Å². The predicted molar refractivity (Wildman–Crippen MR) is 67.4 cm³/mol. The minimum Gasteiger partial charge on any atom is -0.449 e. The van der Waals surface area contributed by atoms with Crippen LogP contribution in [0, 0.1) is 12.8 Å². The van der Waals surface area contributed by atoms with Crippen LogP contribution < -0.4 is 10.6 Å². The van der Waals surface area contributed by atoms with Crippen molar-refractivity contribution < 1.29 is 9.53 Å². The predicted octanol–water partition coefficient (Wildman–Crippen LogP) is 2.18. The molecule has 1 aliphatic heterocycles. The molecule has 4 nitrogen and oxygen atoms in total. The number of carbonyl (C=O) groups is 1. The molecule has 1 saturated heterocycles. The molecular weight excluding hydrogens is 240 g/mol. The summed E-state index contributed by atoms with van der Waals surface area (Å²) in [5.74, 6) is 0.172. The van der Waals surface area contributed by atoms with Gasteiger partial charge in [0, 0.05) is 24.0 Å². The van der Waals surface area contributed by atoms with E-state index in [0.717, 1.165) is 11.3 Å². The first-order valence-corrected chi connectivity index (χ1v) is 5.90. The van der Waals surface area contributed by atoms with Gasteiger partial charge in [-0.15, -0.1) is 0 Å². The highest BCUT2D eigenvalue weighted by Gasteiger charge is 2.28. The monoisotopic (exact) mass is 254 g/mol. The number of carbonyl (C=O) groups excluding carboxylic acids is 1. The standard InChI is InChI=1S/C12H15ClN2O2/c1-8-2-3-10(13)4-11(8)15-6-9(5-14)7-17-12(15)16/h2-4,9H,5-7,14H2,1H3. The molecule has 0 spiro atoms. The average molecular weight is 255 g/mol. The van der Waals surface area contributed by atoms with Gasteiger partial charge in [-0.25, -0.2) is 4.79 Å². The molecule has 0 aliphatic carbocycles. The maximum atomic E-state index is 11.7. The van der Waals surface area contributed by atoms with Crippen molar-refractivity contribution in [1.29, 1.82) is 0 Å². The molecule has 2 rings (SSSR count). The maximum absolute atomic E-state index is 11.7. The normalized spacial score (nSPS) is 20.3. The van der Waals surface area contributed by atoms with E-state index in [2.05, 4.69) is 0 Å². The van der Waals surface area contributed by atoms with Crippen LogP contribution in [0.1, 0.15) is 5.56 Å². The van der Waals surface area contributed by atoms with Gasteiger partial charge in [0.2, 0.25) is 0 Å². The molecule has 0 aromatic heterocycles. The Labute approximate surface area is 105 Å². The average Bonchev–Trinajstić information content (AvgIpc) is 2.33. The highest BCUT2D eigenvalue weighted by atomic mass is 35.5. The van der Waals surface area contributed by atoms with E-state index in [1.165, 1.54) is 0 Å². The molecule has 1 heterocycles. The number of halogens is 1. The molecular formula is C12H15ClN2O2. The van der Waals surface area contributed by atoms with Crippen molar-refractivity contribution in [3.63, 3.8) is 0 Å². The Balaban J connectivity index is 2.30. The molecule has 1 amide bonds. The summed E-state index contributed by atoms with van der Waals surface area (Å²) in [4.78, 5) is 13.3. The van der Waals surface area contributed by atoms with Crippen molar-refractivity contribution >= 4 is 23.4 Å². The number of hydrogen-bond acceptors (Lipinski definition) is 3. The molecule has 0 bridgehead atoms. The Morgan fingerprint density at radius 3 is 3.06 bits per heavy atom. The molecule has 1 aliphatic rings. The Morgan fingerprint density at radius 1 is 1.59 bits per heavy atom. The largest absolute Gasteiger partial charge is 0.449 e. The zero-order chi connectivity index (χ0) is 12.4. The third-order valence-electron chi connectivity index (χ3n) is 2.90. The molecule has 2 N–H and O–H groups in total.